The van der Waals surface area contributed by atoms with E-state index in [-0.39, 0.29) is 11.8 Å². The Hall–Kier alpha value is -3.15. The Balaban J connectivity index is 1.33. The fraction of sp³-hybridized carbons (Fsp3) is 0.400. The lowest BCUT2D eigenvalue weighted by Crippen LogP contribution is -2.42. The summed E-state index contributed by atoms with van der Waals surface area (Å²) < 4.78 is 5.96. The number of hydrogen-bond acceptors (Lipinski definition) is 4. The molecule has 0 fully saturated rings. The number of nitrogens with one attached hydrogen (secondary N) is 1. The van der Waals surface area contributed by atoms with Gasteiger partial charge in [0.05, 0.1) is 0 Å². The van der Waals surface area contributed by atoms with Crippen molar-refractivity contribution in [2.24, 2.45) is 0 Å². The number of benzene rings is 1. The Kier molecular flexibility index (Phi) is 6.97. The molecule has 162 valence electrons. The Labute approximate surface area is 183 Å². The highest BCUT2D eigenvalue weighted by atomic mass is 16.5. The fourth-order valence-corrected chi connectivity index (χ4v) is 4.14. The standard InChI is InChI=1S/C25H29N3O3/c29-22(26-17-15-19-9-3-1-4-10-19)14-8-18-28-24-21(13-7-16-27-24)31-23(25(28)30)20-11-5-2-6-12-20/h2,5-7,9,11-13,16,23H,1,3-4,8,10,14-15,17-18H2,(H,26,29)/t23-/m1/s1. The minimum absolute atomic E-state index is 0.0259. The van der Waals surface area contributed by atoms with Crippen molar-refractivity contribution < 1.29 is 14.3 Å². The van der Waals surface area contributed by atoms with Gasteiger partial charge in [-0.1, -0.05) is 42.0 Å². The fourth-order valence-electron chi connectivity index (χ4n) is 4.14. The van der Waals surface area contributed by atoms with E-state index >= 15 is 0 Å². The molecule has 2 heterocycles. The molecule has 4 rings (SSSR count). The Morgan fingerprint density at radius 1 is 1.16 bits per heavy atom. The van der Waals surface area contributed by atoms with E-state index in [0.717, 1.165) is 24.8 Å². The molecule has 0 saturated heterocycles. The summed E-state index contributed by atoms with van der Waals surface area (Å²) in [5.41, 5.74) is 2.27. The number of carbonyl (C=O) groups is 2. The van der Waals surface area contributed by atoms with Crippen LogP contribution >= 0.6 is 0 Å². The zero-order chi connectivity index (χ0) is 21.5. The van der Waals surface area contributed by atoms with Crippen LogP contribution in [0, 0.1) is 0 Å². The van der Waals surface area contributed by atoms with Crippen LogP contribution in [0.15, 0.2) is 60.3 Å². The highest BCUT2D eigenvalue weighted by Gasteiger charge is 2.36. The maximum absolute atomic E-state index is 13.2. The zero-order valence-corrected chi connectivity index (χ0v) is 17.8. The van der Waals surface area contributed by atoms with Crippen molar-refractivity contribution in [1.29, 1.82) is 0 Å². The van der Waals surface area contributed by atoms with E-state index < -0.39 is 6.10 Å². The van der Waals surface area contributed by atoms with Crippen LogP contribution in [0.3, 0.4) is 0 Å². The molecule has 0 spiro atoms. The number of hydrogen-bond donors (Lipinski definition) is 1. The molecule has 31 heavy (non-hydrogen) atoms. The van der Waals surface area contributed by atoms with Gasteiger partial charge < -0.3 is 10.1 Å². The number of allylic oxidation sites excluding steroid dienone is 1. The van der Waals surface area contributed by atoms with Crippen molar-refractivity contribution in [1.82, 2.24) is 10.3 Å². The highest BCUT2D eigenvalue weighted by molar-refractivity contribution is 5.99. The van der Waals surface area contributed by atoms with Crippen molar-refractivity contribution in [3.8, 4) is 5.75 Å². The smallest absolute Gasteiger partial charge is 0.274 e. The number of amides is 2. The molecular weight excluding hydrogens is 390 g/mol. The molecule has 6 nitrogen and oxygen atoms in total. The van der Waals surface area contributed by atoms with E-state index in [4.69, 9.17) is 4.74 Å². The van der Waals surface area contributed by atoms with Crippen LogP contribution in [-0.2, 0) is 9.59 Å². The molecule has 1 aromatic carbocycles. The zero-order valence-electron chi connectivity index (χ0n) is 17.8. The number of ether oxygens (including phenoxy) is 1. The van der Waals surface area contributed by atoms with E-state index in [1.54, 1.807) is 17.2 Å². The predicted molar refractivity (Wildman–Crippen MR) is 120 cm³/mol. The van der Waals surface area contributed by atoms with Crippen molar-refractivity contribution in [3.63, 3.8) is 0 Å². The lowest BCUT2D eigenvalue weighted by Gasteiger charge is -2.33. The first-order valence-corrected chi connectivity index (χ1v) is 11.1. The van der Waals surface area contributed by atoms with Crippen LogP contribution < -0.4 is 15.0 Å². The van der Waals surface area contributed by atoms with Crippen LogP contribution in [-0.4, -0.2) is 29.9 Å². The van der Waals surface area contributed by atoms with Crippen LogP contribution in [0.4, 0.5) is 5.82 Å². The normalized spacial score (nSPS) is 18.1. The molecule has 0 saturated carbocycles. The molecule has 1 aliphatic carbocycles. The SMILES string of the molecule is O=C(CCCN1C(=O)[C@@H](c2ccccc2)Oc2cccnc21)NCCC1=CCCCC1. The first-order valence-electron chi connectivity index (χ1n) is 11.1. The summed E-state index contributed by atoms with van der Waals surface area (Å²) in [7, 11) is 0. The van der Waals surface area contributed by atoms with Crippen LogP contribution in [0.25, 0.3) is 0 Å². The second-order valence-corrected chi connectivity index (χ2v) is 8.04. The summed E-state index contributed by atoms with van der Waals surface area (Å²) in [5, 5.41) is 3.01. The third-order valence-electron chi connectivity index (χ3n) is 5.78. The summed E-state index contributed by atoms with van der Waals surface area (Å²) in [6.45, 7) is 1.11. The van der Waals surface area contributed by atoms with E-state index in [2.05, 4.69) is 16.4 Å². The minimum Gasteiger partial charge on any atom is -0.472 e. The molecule has 2 aromatic rings. The molecule has 0 bridgehead atoms. The van der Waals surface area contributed by atoms with Crippen LogP contribution in [0.2, 0.25) is 0 Å². The number of nitrogens with zero attached hydrogens (tertiary/aromatic N) is 2. The van der Waals surface area contributed by atoms with Gasteiger partial charge in [-0.3, -0.25) is 14.5 Å². The summed E-state index contributed by atoms with van der Waals surface area (Å²) in [5.74, 6) is 0.977. The number of aromatic nitrogens is 1. The van der Waals surface area contributed by atoms with Gasteiger partial charge in [0.1, 0.15) is 0 Å². The van der Waals surface area contributed by atoms with Gasteiger partial charge in [-0.2, -0.15) is 0 Å². The molecule has 1 atom stereocenters. The number of anilines is 1. The monoisotopic (exact) mass is 419 g/mol. The van der Waals surface area contributed by atoms with Gasteiger partial charge in [-0.05, 0) is 50.7 Å². The van der Waals surface area contributed by atoms with Crippen molar-refractivity contribution in [2.45, 2.75) is 51.0 Å². The van der Waals surface area contributed by atoms with E-state index in [0.29, 0.717) is 37.5 Å². The number of rotatable bonds is 8. The maximum atomic E-state index is 13.2. The van der Waals surface area contributed by atoms with Gasteiger partial charge >= 0.3 is 0 Å². The molecule has 0 radical (unpaired) electrons. The highest BCUT2D eigenvalue weighted by Crippen LogP contribution is 2.37. The van der Waals surface area contributed by atoms with Gasteiger partial charge in [0.25, 0.3) is 5.91 Å². The van der Waals surface area contributed by atoms with E-state index in [9.17, 15) is 9.59 Å². The lowest BCUT2D eigenvalue weighted by atomic mass is 9.97. The number of carbonyl (C=O) groups excluding carboxylic acids is 2. The van der Waals surface area contributed by atoms with Gasteiger partial charge in [0, 0.05) is 31.3 Å². The second kappa shape index (κ2) is 10.2. The van der Waals surface area contributed by atoms with Crippen molar-refractivity contribution in [2.75, 3.05) is 18.0 Å². The summed E-state index contributed by atoms with van der Waals surface area (Å²) in [4.78, 5) is 31.4. The first kappa shape index (κ1) is 21.1. The first-order chi connectivity index (χ1) is 15.2. The summed E-state index contributed by atoms with van der Waals surface area (Å²) >= 11 is 0. The lowest BCUT2D eigenvalue weighted by molar-refractivity contribution is -0.127. The van der Waals surface area contributed by atoms with E-state index in [1.165, 1.54) is 18.4 Å². The summed E-state index contributed by atoms with van der Waals surface area (Å²) in [6, 6.07) is 13.1. The Morgan fingerprint density at radius 3 is 2.84 bits per heavy atom. The van der Waals surface area contributed by atoms with Crippen LogP contribution in [0.1, 0.15) is 56.6 Å². The topological polar surface area (TPSA) is 71.5 Å². The van der Waals surface area contributed by atoms with Gasteiger partial charge in [0.15, 0.2) is 11.6 Å². The van der Waals surface area contributed by atoms with E-state index in [1.807, 2.05) is 36.4 Å². The van der Waals surface area contributed by atoms with Gasteiger partial charge in [0.2, 0.25) is 12.0 Å². The molecule has 2 aliphatic rings. The second-order valence-electron chi connectivity index (χ2n) is 8.04. The predicted octanol–water partition coefficient (Wildman–Crippen LogP) is 4.34. The number of pyridine rings is 1. The average Bonchev–Trinajstić information content (AvgIpc) is 2.81. The molecule has 1 aromatic heterocycles. The Bertz CT molecular complexity index is 942. The molecule has 2 amide bonds. The minimum atomic E-state index is -0.699. The third-order valence-corrected chi connectivity index (χ3v) is 5.78. The average molecular weight is 420 g/mol. The summed E-state index contributed by atoms with van der Waals surface area (Å²) in [6.07, 6.45) is 10.00. The van der Waals surface area contributed by atoms with Crippen molar-refractivity contribution in [3.05, 3.63) is 65.9 Å². The number of fused-ring (bicyclic) bond motifs is 1. The molecule has 0 unspecified atom stereocenters. The molecular formula is C25H29N3O3. The quantitative estimate of drug-likeness (QED) is 0.647. The largest absolute Gasteiger partial charge is 0.472 e. The molecule has 1 aliphatic heterocycles. The van der Waals surface area contributed by atoms with Gasteiger partial charge in [-0.25, -0.2) is 4.98 Å². The Morgan fingerprint density at radius 2 is 2.03 bits per heavy atom. The third kappa shape index (κ3) is 5.32. The molecule has 1 N–H and O–H groups in total. The van der Waals surface area contributed by atoms with Crippen LogP contribution in [0.5, 0.6) is 5.75 Å². The van der Waals surface area contributed by atoms with Crippen molar-refractivity contribution >= 4 is 17.6 Å². The molecule has 6 heteroatoms. The van der Waals surface area contributed by atoms with Gasteiger partial charge in [-0.15, -0.1) is 0 Å². The maximum Gasteiger partial charge on any atom is 0.274 e.